The van der Waals surface area contributed by atoms with Crippen molar-refractivity contribution in [2.75, 3.05) is 5.75 Å². The Balaban J connectivity index is 2.14. The summed E-state index contributed by atoms with van der Waals surface area (Å²) < 4.78 is 0. The number of halogens is 2. The Labute approximate surface area is 199 Å². The number of hydrogen-bond donors (Lipinski definition) is 1. The van der Waals surface area contributed by atoms with Crippen LogP contribution in [0.4, 0.5) is 0 Å². The zero-order valence-corrected chi connectivity index (χ0v) is 20.6. The van der Waals surface area contributed by atoms with Gasteiger partial charge in [0.15, 0.2) is 0 Å². The number of hydrogen-bond acceptors (Lipinski definition) is 3. The Hall–Kier alpha value is -1.69. The first-order valence-corrected chi connectivity index (χ1v) is 12.4. The molecule has 0 aliphatic heterocycles. The molecule has 4 nitrogen and oxygen atoms in total. The van der Waals surface area contributed by atoms with Gasteiger partial charge in [0.2, 0.25) is 11.8 Å². The fraction of sp³-hybridized carbons (Fsp3) is 0.417. The fourth-order valence-electron chi connectivity index (χ4n) is 3.09. The van der Waals surface area contributed by atoms with Crippen molar-refractivity contribution in [2.24, 2.45) is 0 Å². The standard InChI is InChI=1S/C24H30Cl2N2O2S/c1-4-17(3)27-24(30)22(5-2)28(14-19-8-6-7-9-21(19)26)23(29)16-31-15-18-10-12-20(25)13-11-18/h6-13,17,22H,4-5,14-16H2,1-3H3,(H,27,30). The van der Waals surface area contributed by atoms with E-state index in [0.29, 0.717) is 28.8 Å². The van der Waals surface area contributed by atoms with Crippen molar-refractivity contribution in [1.82, 2.24) is 10.2 Å². The second kappa shape index (κ2) is 13.0. The van der Waals surface area contributed by atoms with Gasteiger partial charge in [-0.2, -0.15) is 0 Å². The maximum Gasteiger partial charge on any atom is 0.243 e. The molecule has 2 aromatic rings. The van der Waals surface area contributed by atoms with E-state index in [2.05, 4.69) is 5.32 Å². The highest BCUT2D eigenvalue weighted by Crippen LogP contribution is 2.22. The summed E-state index contributed by atoms with van der Waals surface area (Å²) in [6, 6.07) is 14.5. The van der Waals surface area contributed by atoms with Gasteiger partial charge < -0.3 is 10.2 Å². The summed E-state index contributed by atoms with van der Waals surface area (Å²) in [5.41, 5.74) is 1.93. The lowest BCUT2D eigenvalue weighted by molar-refractivity contribution is -0.139. The van der Waals surface area contributed by atoms with Gasteiger partial charge in [-0.1, -0.05) is 67.4 Å². The van der Waals surface area contributed by atoms with Crippen molar-refractivity contribution in [2.45, 2.75) is 58.0 Å². The molecule has 31 heavy (non-hydrogen) atoms. The molecule has 0 saturated heterocycles. The third-order valence-electron chi connectivity index (χ3n) is 5.09. The first-order chi connectivity index (χ1) is 14.8. The number of benzene rings is 2. The highest BCUT2D eigenvalue weighted by Gasteiger charge is 2.29. The van der Waals surface area contributed by atoms with Crippen molar-refractivity contribution >= 4 is 46.8 Å². The molecule has 2 amide bonds. The maximum absolute atomic E-state index is 13.2. The molecule has 2 atom stereocenters. The molecular formula is C24H30Cl2N2O2S. The van der Waals surface area contributed by atoms with Crippen LogP contribution in [-0.2, 0) is 21.9 Å². The van der Waals surface area contributed by atoms with Gasteiger partial charge in [0.05, 0.1) is 5.75 Å². The molecule has 1 N–H and O–H groups in total. The first-order valence-electron chi connectivity index (χ1n) is 10.5. The van der Waals surface area contributed by atoms with Crippen molar-refractivity contribution in [3.63, 3.8) is 0 Å². The Morgan fingerprint density at radius 2 is 1.71 bits per heavy atom. The number of nitrogens with one attached hydrogen (secondary N) is 1. The van der Waals surface area contributed by atoms with Crippen LogP contribution in [0.5, 0.6) is 0 Å². The number of thioether (sulfide) groups is 1. The maximum atomic E-state index is 13.2. The van der Waals surface area contributed by atoms with Crippen molar-refractivity contribution in [1.29, 1.82) is 0 Å². The van der Waals surface area contributed by atoms with Crippen LogP contribution >= 0.6 is 35.0 Å². The second-order valence-corrected chi connectivity index (χ2v) is 9.30. The normalized spacial score (nSPS) is 12.8. The predicted molar refractivity (Wildman–Crippen MR) is 132 cm³/mol. The summed E-state index contributed by atoms with van der Waals surface area (Å²) in [5, 5.41) is 4.30. The molecule has 0 spiro atoms. The minimum absolute atomic E-state index is 0.0538. The van der Waals surface area contributed by atoms with Crippen LogP contribution in [0.1, 0.15) is 44.7 Å². The van der Waals surface area contributed by atoms with Crippen molar-refractivity contribution in [3.8, 4) is 0 Å². The SMILES string of the molecule is CCC(C)NC(=O)C(CC)N(Cc1ccccc1Cl)C(=O)CSCc1ccc(Cl)cc1. The van der Waals surface area contributed by atoms with Crippen LogP contribution in [0.15, 0.2) is 48.5 Å². The van der Waals surface area contributed by atoms with Crippen LogP contribution in [0.2, 0.25) is 10.0 Å². The van der Waals surface area contributed by atoms with E-state index in [1.54, 1.807) is 11.0 Å². The Bertz CT molecular complexity index is 861. The van der Waals surface area contributed by atoms with Crippen molar-refractivity contribution < 1.29 is 9.59 Å². The van der Waals surface area contributed by atoms with Crippen LogP contribution in [0.3, 0.4) is 0 Å². The molecule has 2 aromatic carbocycles. The monoisotopic (exact) mass is 480 g/mol. The van der Waals surface area contributed by atoms with Gasteiger partial charge in [-0.3, -0.25) is 9.59 Å². The molecule has 0 heterocycles. The molecule has 0 aliphatic carbocycles. The van der Waals surface area contributed by atoms with E-state index in [9.17, 15) is 9.59 Å². The molecule has 0 fully saturated rings. The van der Waals surface area contributed by atoms with E-state index in [1.807, 2.05) is 63.2 Å². The summed E-state index contributed by atoms with van der Waals surface area (Å²) in [7, 11) is 0. The minimum atomic E-state index is -0.547. The van der Waals surface area contributed by atoms with Crippen LogP contribution < -0.4 is 5.32 Å². The van der Waals surface area contributed by atoms with Gasteiger partial charge in [0, 0.05) is 28.4 Å². The zero-order chi connectivity index (χ0) is 22.8. The van der Waals surface area contributed by atoms with Crippen molar-refractivity contribution in [3.05, 3.63) is 69.7 Å². The topological polar surface area (TPSA) is 49.4 Å². The van der Waals surface area contributed by atoms with Crippen LogP contribution in [-0.4, -0.2) is 34.6 Å². The Morgan fingerprint density at radius 3 is 2.32 bits per heavy atom. The lowest BCUT2D eigenvalue weighted by Crippen LogP contribution is -2.51. The number of carbonyl (C=O) groups is 2. The average Bonchev–Trinajstić information content (AvgIpc) is 2.76. The molecule has 168 valence electrons. The minimum Gasteiger partial charge on any atom is -0.352 e. The highest BCUT2D eigenvalue weighted by molar-refractivity contribution is 7.99. The van der Waals surface area contributed by atoms with E-state index in [0.717, 1.165) is 17.5 Å². The zero-order valence-electron chi connectivity index (χ0n) is 18.2. The molecule has 0 aromatic heterocycles. The summed E-state index contributed by atoms with van der Waals surface area (Å²) in [6.45, 7) is 6.21. The van der Waals surface area contributed by atoms with Gasteiger partial charge in [-0.25, -0.2) is 0 Å². The van der Waals surface area contributed by atoms with Crippen LogP contribution in [0, 0.1) is 0 Å². The summed E-state index contributed by atoms with van der Waals surface area (Å²) in [4.78, 5) is 27.8. The number of amides is 2. The van der Waals surface area contributed by atoms with E-state index in [-0.39, 0.29) is 23.6 Å². The number of nitrogens with zero attached hydrogens (tertiary/aromatic N) is 1. The highest BCUT2D eigenvalue weighted by atomic mass is 35.5. The summed E-state index contributed by atoms with van der Waals surface area (Å²) in [6.07, 6.45) is 1.36. The molecule has 0 saturated carbocycles. The predicted octanol–water partition coefficient (Wildman–Crippen LogP) is 5.95. The third-order valence-corrected chi connectivity index (χ3v) is 6.70. The second-order valence-electron chi connectivity index (χ2n) is 7.47. The largest absolute Gasteiger partial charge is 0.352 e. The van der Waals surface area contributed by atoms with Gasteiger partial charge in [-0.05, 0) is 49.1 Å². The molecule has 7 heteroatoms. The average molecular weight is 481 g/mol. The van der Waals surface area contributed by atoms with Crippen LogP contribution in [0.25, 0.3) is 0 Å². The molecule has 0 aliphatic rings. The molecule has 0 radical (unpaired) electrons. The first kappa shape index (κ1) is 25.6. The third kappa shape index (κ3) is 8.06. The smallest absolute Gasteiger partial charge is 0.243 e. The Kier molecular flexibility index (Phi) is 10.7. The number of carbonyl (C=O) groups excluding carboxylic acids is 2. The van der Waals surface area contributed by atoms with E-state index in [1.165, 1.54) is 11.8 Å². The van der Waals surface area contributed by atoms with Gasteiger partial charge in [-0.15, -0.1) is 11.8 Å². The quantitative estimate of drug-likeness (QED) is 0.432. The lowest BCUT2D eigenvalue weighted by Gasteiger charge is -2.31. The number of rotatable bonds is 11. The van der Waals surface area contributed by atoms with Gasteiger partial charge in [0.1, 0.15) is 6.04 Å². The van der Waals surface area contributed by atoms with E-state index >= 15 is 0 Å². The fourth-order valence-corrected chi connectivity index (χ4v) is 4.28. The Morgan fingerprint density at radius 1 is 1.03 bits per heavy atom. The van der Waals surface area contributed by atoms with Gasteiger partial charge in [0.25, 0.3) is 0 Å². The summed E-state index contributed by atoms with van der Waals surface area (Å²) >= 11 is 13.8. The molecule has 2 unspecified atom stereocenters. The van der Waals surface area contributed by atoms with Gasteiger partial charge >= 0.3 is 0 Å². The molecule has 2 rings (SSSR count). The molecule has 0 bridgehead atoms. The molecular weight excluding hydrogens is 451 g/mol. The summed E-state index contributed by atoms with van der Waals surface area (Å²) in [5.74, 6) is 0.767. The van der Waals surface area contributed by atoms with E-state index < -0.39 is 6.04 Å². The lowest BCUT2D eigenvalue weighted by atomic mass is 10.1. The van der Waals surface area contributed by atoms with E-state index in [4.69, 9.17) is 23.2 Å².